The molecule has 1 aliphatic heterocycles. The number of aliphatic hydroxyl groups excluding tert-OH is 1. The zero-order valence-corrected chi connectivity index (χ0v) is 20.5. The van der Waals surface area contributed by atoms with Crippen LogP contribution in [0.3, 0.4) is 0 Å². The maximum absolute atomic E-state index is 13.1. The molecule has 6 heteroatoms. The third-order valence-electron chi connectivity index (χ3n) is 6.08. The van der Waals surface area contributed by atoms with E-state index in [1.165, 1.54) is 0 Å². The Hall–Kier alpha value is -3.12. The van der Waals surface area contributed by atoms with Crippen LogP contribution in [0.5, 0.6) is 5.75 Å². The third-order valence-corrected chi connectivity index (χ3v) is 6.08. The predicted molar refractivity (Wildman–Crippen MR) is 133 cm³/mol. The molecule has 2 aromatic carbocycles. The molecule has 0 aromatic heterocycles. The predicted octanol–water partition coefficient (Wildman–Crippen LogP) is 5.45. The minimum Gasteiger partial charge on any atom is -0.507 e. The van der Waals surface area contributed by atoms with Gasteiger partial charge in [-0.1, -0.05) is 63.6 Å². The Morgan fingerprint density at radius 3 is 2.44 bits per heavy atom. The van der Waals surface area contributed by atoms with E-state index in [0.717, 1.165) is 24.0 Å². The first-order chi connectivity index (χ1) is 16.4. The number of likely N-dealkylation sites (tertiary alicyclic amines) is 1. The number of hydrogen-bond donors (Lipinski definition) is 1. The molecule has 1 aliphatic rings. The number of nitrogens with zero attached hydrogens (tertiary/aromatic N) is 1. The quantitative estimate of drug-likeness (QED) is 0.207. The SMILES string of the molecule is CCCCOc1cccc(/C(O)=C2\C(=O)C(=O)N(CCCOC)C2c2ccc(C(C)C)cc2)c1. The van der Waals surface area contributed by atoms with Crippen LogP contribution in [0, 0.1) is 0 Å². The number of amides is 1. The Morgan fingerprint density at radius 2 is 1.79 bits per heavy atom. The van der Waals surface area contributed by atoms with Crippen molar-refractivity contribution in [3.05, 3.63) is 70.8 Å². The Labute approximate surface area is 202 Å². The van der Waals surface area contributed by atoms with E-state index in [1.807, 2.05) is 30.3 Å². The fraction of sp³-hybridized carbons (Fsp3) is 0.429. The van der Waals surface area contributed by atoms with Crippen molar-refractivity contribution in [3.63, 3.8) is 0 Å². The van der Waals surface area contributed by atoms with Crippen molar-refractivity contribution in [3.8, 4) is 5.75 Å². The fourth-order valence-corrected chi connectivity index (χ4v) is 4.12. The van der Waals surface area contributed by atoms with Gasteiger partial charge in [0.25, 0.3) is 11.7 Å². The van der Waals surface area contributed by atoms with E-state index in [-0.39, 0.29) is 11.3 Å². The van der Waals surface area contributed by atoms with Crippen molar-refractivity contribution in [1.82, 2.24) is 4.90 Å². The molecule has 1 saturated heterocycles. The van der Waals surface area contributed by atoms with Crippen LogP contribution in [0.15, 0.2) is 54.1 Å². The summed E-state index contributed by atoms with van der Waals surface area (Å²) in [4.78, 5) is 27.7. The first-order valence-electron chi connectivity index (χ1n) is 12.0. The normalized spacial score (nSPS) is 17.6. The van der Waals surface area contributed by atoms with Crippen LogP contribution in [-0.2, 0) is 14.3 Å². The maximum Gasteiger partial charge on any atom is 0.295 e. The van der Waals surface area contributed by atoms with Crippen LogP contribution >= 0.6 is 0 Å². The number of Topliss-reactive ketones (excluding diaryl/α,β-unsaturated/α-hetero) is 1. The number of benzene rings is 2. The van der Waals surface area contributed by atoms with Gasteiger partial charge in [-0.05, 0) is 42.0 Å². The molecule has 0 radical (unpaired) electrons. The standard InChI is InChI=1S/C28H35NO5/c1-5-6-17-34-23-10-7-9-22(18-23)26(30)24-25(21-13-11-20(12-14-21)19(2)3)29(15-8-16-33-4)28(32)27(24)31/h7,9-14,18-19,25,30H,5-6,8,15-17H2,1-4H3/b26-24+. The maximum atomic E-state index is 13.1. The Kier molecular flexibility index (Phi) is 8.88. The summed E-state index contributed by atoms with van der Waals surface area (Å²) in [6, 6.07) is 14.3. The minimum atomic E-state index is -0.676. The third kappa shape index (κ3) is 5.68. The van der Waals surface area contributed by atoms with Gasteiger partial charge in [0.15, 0.2) is 0 Å². The molecule has 1 atom stereocenters. The van der Waals surface area contributed by atoms with E-state index in [1.54, 1.807) is 30.2 Å². The molecule has 6 nitrogen and oxygen atoms in total. The van der Waals surface area contributed by atoms with Crippen LogP contribution in [0.4, 0.5) is 0 Å². The van der Waals surface area contributed by atoms with Crippen LogP contribution in [0.2, 0.25) is 0 Å². The van der Waals surface area contributed by atoms with Crippen molar-refractivity contribution < 1.29 is 24.2 Å². The van der Waals surface area contributed by atoms with Gasteiger partial charge in [-0.3, -0.25) is 9.59 Å². The number of methoxy groups -OCH3 is 1. The highest BCUT2D eigenvalue weighted by molar-refractivity contribution is 6.46. The van der Waals surface area contributed by atoms with E-state index < -0.39 is 17.7 Å². The molecule has 0 spiro atoms. The van der Waals surface area contributed by atoms with E-state index >= 15 is 0 Å². The highest BCUT2D eigenvalue weighted by Crippen LogP contribution is 2.40. The van der Waals surface area contributed by atoms with Gasteiger partial charge < -0.3 is 19.5 Å². The van der Waals surface area contributed by atoms with Crippen molar-refractivity contribution >= 4 is 17.4 Å². The van der Waals surface area contributed by atoms with Gasteiger partial charge in [0, 0.05) is 25.8 Å². The number of carbonyl (C=O) groups excluding carboxylic acids is 2. The summed E-state index contributed by atoms with van der Waals surface area (Å²) in [6.07, 6.45) is 2.53. The number of aliphatic hydroxyl groups is 1. The highest BCUT2D eigenvalue weighted by Gasteiger charge is 2.45. The molecule has 1 heterocycles. The summed E-state index contributed by atoms with van der Waals surface area (Å²) >= 11 is 0. The lowest BCUT2D eigenvalue weighted by Crippen LogP contribution is -2.31. The number of ether oxygens (including phenoxy) is 2. The molecule has 34 heavy (non-hydrogen) atoms. The number of unbranched alkanes of at least 4 members (excludes halogenated alkanes) is 1. The summed E-state index contributed by atoms with van der Waals surface area (Å²) < 4.78 is 10.9. The summed E-state index contributed by atoms with van der Waals surface area (Å²) in [5, 5.41) is 11.3. The van der Waals surface area contributed by atoms with Crippen molar-refractivity contribution in [1.29, 1.82) is 0 Å². The van der Waals surface area contributed by atoms with E-state index in [2.05, 4.69) is 20.8 Å². The topological polar surface area (TPSA) is 76.1 Å². The zero-order valence-electron chi connectivity index (χ0n) is 20.5. The first-order valence-corrected chi connectivity index (χ1v) is 12.0. The molecular formula is C28H35NO5. The Morgan fingerprint density at radius 1 is 1.06 bits per heavy atom. The zero-order chi connectivity index (χ0) is 24.7. The van der Waals surface area contributed by atoms with E-state index in [0.29, 0.717) is 43.4 Å². The fourth-order valence-electron chi connectivity index (χ4n) is 4.12. The molecule has 1 amide bonds. The van der Waals surface area contributed by atoms with Gasteiger partial charge in [-0.15, -0.1) is 0 Å². The number of hydrogen-bond acceptors (Lipinski definition) is 5. The minimum absolute atomic E-state index is 0.102. The van der Waals surface area contributed by atoms with Crippen molar-refractivity contribution in [2.24, 2.45) is 0 Å². The lowest BCUT2D eigenvalue weighted by atomic mass is 9.93. The molecular weight excluding hydrogens is 430 g/mol. The second-order valence-electron chi connectivity index (χ2n) is 8.89. The van der Waals surface area contributed by atoms with Gasteiger partial charge in [0.2, 0.25) is 0 Å². The molecule has 0 saturated carbocycles. The molecule has 1 N–H and O–H groups in total. The van der Waals surface area contributed by atoms with Gasteiger partial charge in [-0.25, -0.2) is 0 Å². The average Bonchev–Trinajstić information content (AvgIpc) is 3.09. The molecule has 182 valence electrons. The molecule has 2 aromatic rings. The molecule has 0 bridgehead atoms. The van der Waals surface area contributed by atoms with Crippen LogP contribution in [-0.4, -0.2) is 48.6 Å². The Balaban J connectivity index is 2.04. The largest absolute Gasteiger partial charge is 0.507 e. The second-order valence-corrected chi connectivity index (χ2v) is 8.89. The van der Waals surface area contributed by atoms with E-state index in [4.69, 9.17) is 9.47 Å². The van der Waals surface area contributed by atoms with Crippen LogP contribution in [0.1, 0.15) is 68.7 Å². The van der Waals surface area contributed by atoms with Gasteiger partial charge in [0.1, 0.15) is 11.5 Å². The monoisotopic (exact) mass is 465 g/mol. The highest BCUT2D eigenvalue weighted by atomic mass is 16.5. The molecule has 0 aliphatic carbocycles. The molecule has 1 unspecified atom stereocenters. The summed E-state index contributed by atoms with van der Waals surface area (Å²) in [6.45, 7) is 7.71. The lowest BCUT2D eigenvalue weighted by molar-refractivity contribution is -0.140. The van der Waals surface area contributed by atoms with Crippen molar-refractivity contribution in [2.45, 2.75) is 52.0 Å². The van der Waals surface area contributed by atoms with Gasteiger partial charge >= 0.3 is 0 Å². The Bertz CT molecular complexity index is 1030. The lowest BCUT2D eigenvalue weighted by Gasteiger charge is -2.25. The first kappa shape index (κ1) is 25.5. The van der Waals surface area contributed by atoms with Gasteiger partial charge in [0.05, 0.1) is 18.2 Å². The van der Waals surface area contributed by atoms with Gasteiger partial charge in [-0.2, -0.15) is 0 Å². The summed E-state index contributed by atoms with van der Waals surface area (Å²) in [7, 11) is 1.60. The number of ketones is 1. The summed E-state index contributed by atoms with van der Waals surface area (Å²) in [5.41, 5.74) is 2.51. The molecule has 3 rings (SSSR count). The molecule has 1 fully saturated rings. The van der Waals surface area contributed by atoms with Crippen molar-refractivity contribution in [2.75, 3.05) is 26.9 Å². The average molecular weight is 466 g/mol. The summed E-state index contributed by atoms with van der Waals surface area (Å²) in [5.74, 6) is -0.496. The number of rotatable bonds is 11. The van der Waals surface area contributed by atoms with Crippen LogP contribution in [0.25, 0.3) is 5.76 Å². The second kappa shape index (κ2) is 11.8. The number of carbonyl (C=O) groups is 2. The van der Waals surface area contributed by atoms with E-state index in [9.17, 15) is 14.7 Å². The smallest absolute Gasteiger partial charge is 0.295 e. The van der Waals surface area contributed by atoms with Crippen LogP contribution < -0.4 is 4.74 Å².